The van der Waals surface area contributed by atoms with Crippen molar-refractivity contribution in [1.82, 2.24) is 87.2 Å². The molecule has 9 fully saturated rings. The molecule has 9 saturated heterocycles. The highest BCUT2D eigenvalue weighted by molar-refractivity contribution is 8.44. The predicted molar refractivity (Wildman–Crippen MR) is 480 cm³/mol. The molecular weight excluding hydrogens is 1990 g/mol. The van der Waals surface area contributed by atoms with E-state index < -0.39 is 206 Å². The van der Waals surface area contributed by atoms with Crippen LogP contribution in [0.2, 0.25) is 0 Å². The van der Waals surface area contributed by atoms with E-state index in [0.717, 1.165) is 0 Å². The third kappa shape index (κ3) is 18.8. The number of nitrogens with zero attached hydrogens (tertiary/aromatic N) is 15. The molecule has 132 heavy (non-hydrogen) atoms. The predicted octanol–water partition coefficient (Wildman–Crippen LogP) is 1.21. The minimum atomic E-state index is -4.15. The summed E-state index contributed by atoms with van der Waals surface area (Å²) in [6.45, 7) is -26.3. The van der Waals surface area contributed by atoms with Crippen molar-refractivity contribution in [2.45, 2.75) is 148 Å². The highest BCUT2D eigenvalue weighted by Crippen LogP contribution is 2.61. The Kier molecular flexibility index (Phi) is 25.7. The molecular formula is C66H78N24O30P6S6. The van der Waals surface area contributed by atoms with Gasteiger partial charge in [0.15, 0.2) is 70.9 Å². The first-order valence-electron chi connectivity index (χ1n) is 39.4. The molecule has 6 bridgehead atoms. The molecule has 21 rings (SSSR count). The Morgan fingerprint density at radius 3 is 0.947 bits per heavy atom. The highest BCUT2D eigenvalue weighted by Gasteiger charge is 2.55. The number of aromatic nitrogens is 18. The number of aliphatic hydroxyl groups is 3. The maximum atomic E-state index is 13.5. The fraction of sp³-hybridized carbons (Fsp3) is 0.455. The van der Waals surface area contributed by atoms with Crippen molar-refractivity contribution >= 4 is 213 Å². The molecule has 0 spiro atoms. The molecule has 9 aliphatic heterocycles. The Morgan fingerprint density at radius 2 is 0.636 bits per heavy atom. The zero-order valence-corrected chi connectivity index (χ0v) is 77.4. The number of aliphatic hydroxyl groups excluding tert-OH is 3. The third-order valence-electron chi connectivity index (χ3n) is 22.4. The number of aromatic amines is 3. The van der Waals surface area contributed by atoms with Crippen LogP contribution in [-0.2, 0) is 146 Å². The van der Waals surface area contributed by atoms with Gasteiger partial charge in [0.05, 0.1) is 76.9 Å². The van der Waals surface area contributed by atoms with Gasteiger partial charge in [-0.15, -0.1) is 0 Å². The molecule has 0 saturated carbocycles. The van der Waals surface area contributed by atoms with Crippen molar-refractivity contribution in [3.05, 3.63) is 124 Å². The third-order valence-corrected chi connectivity index (χ3v) is 31.8. The van der Waals surface area contributed by atoms with Crippen LogP contribution in [0.3, 0.4) is 0 Å². The van der Waals surface area contributed by atoms with Crippen LogP contribution in [-0.4, -0.2) is 258 Å². The highest BCUT2D eigenvalue weighted by atomic mass is 32.7. The summed E-state index contributed by atoms with van der Waals surface area (Å²) in [7, 11) is 0. The molecule has 12 aromatic rings. The van der Waals surface area contributed by atoms with Gasteiger partial charge < -0.3 is 148 Å². The second-order valence-corrected chi connectivity index (χ2v) is 47.8. The molecule has 0 radical (unpaired) electrons. The van der Waals surface area contributed by atoms with E-state index in [1.54, 1.807) is 68.7 Å². The molecule has 0 aromatic carbocycles. The number of nitrogens with one attached hydrogen (secondary N) is 3. The van der Waals surface area contributed by atoms with E-state index in [4.69, 9.17) is 176 Å². The average molecular weight is 2070 g/mol. The molecule has 708 valence electrons. The number of fused-ring (bicyclic) bond motifs is 15. The maximum absolute atomic E-state index is 13.5. The largest absolute Gasteiger partial charge is 0.398 e. The van der Waals surface area contributed by atoms with E-state index in [2.05, 4.69) is 72.1 Å². The van der Waals surface area contributed by atoms with Gasteiger partial charge in [-0.1, -0.05) is 12.2 Å². The molecule has 21 heterocycles. The number of anilines is 6. The summed E-state index contributed by atoms with van der Waals surface area (Å²) < 4.78 is 128. The van der Waals surface area contributed by atoms with Crippen molar-refractivity contribution in [2.24, 2.45) is 0 Å². The van der Waals surface area contributed by atoms with Gasteiger partial charge in [0.2, 0.25) is 17.8 Å². The van der Waals surface area contributed by atoms with Gasteiger partial charge in [0.1, 0.15) is 90.2 Å². The smallest absolute Gasteiger partial charge is 0.386 e. The van der Waals surface area contributed by atoms with Crippen molar-refractivity contribution in [2.75, 3.05) is 74.0 Å². The van der Waals surface area contributed by atoms with Crippen LogP contribution in [0, 0.1) is 0 Å². The summed E-state index contributed by atoms with van der Waals surface area (Å²) in [5, 5.41) is 35.8. The van der Waals surface area contributed by atoms with E-state index in [1.807, 2.05) is 0 Å². The summed E-state index contributed by atoms with van der Waals surface area (Å²) in [5.74, 6) is -0.440. The average Bonchev–Trinajstić information content (AvgIpc) is 1.64. The summed E-state index contributed by atoms with van der Waals surface area (Å²) in [5.41, 5.74) is 36.7. The van der Waals surface area contributed by atoms with Gasteiger partial charge in [-0.3, -0.25) is 65.7 Å². The first kappa shape index (κ1) is 93.7. The Morgan fingerprint density at radius 1 is 0.356 bits per heavy atom. The van der Waals surface area contributed by atoms with E-state index in [9.17, 15) is 58.7 Å². The van der Waals surface area contributed by atoms with Crippen molar-refractivity contribution in [1.29, 1.82) is 0 Å². The summed E-state index contributed by atoms with van der Waals surface area (Å²) in [6, 6.07) is 10.1. The molecule has 66 heteroatoms. The number of nitrogens with two attached hydrogens (primary N) is 6. The Bertz CT molecular complexity index is 6360. The van der Waals surface area contributed by atoms with Crippen molar-refractivity contribution in [3.8, 4) is 0 Å². The molecule has 0 amide bonds. The van der Waals surface area contributed by atoms with Crippen molar-refractivity contribution in [3.63, 3.8) is 0 Å². The van der Waals surface area contributed by atoms with Gasteiger partial charge >= 0.3 is 40.4 Å². The van der Waals surface area contributed by atoms with Crippen LogP contribution >= 0.6 is 52.6 Å². The Labute approximate surface area is 768 Å². The Hall–Kier alpha value is -7.29. The fourth-order valence-electron chi connectivity index (χ4n) is 16.6. The zero-order valence-electron chi connectivity index (χ0n) is 67.1. The first-order chi connectivity index (χ1) is 62.7. The normalized spacial score (nSPS) is 36.6. The quantitative estimate of drug-likeness (QED) is 0.0822. The van der Waals surface area contributed by atoms with Crippen LogP contribution in [0.4, 0.5) is 34.9 Å². The van der Waals surface area contributed by atoms with Crippen LogP contribution in [0.1, 0.15) is 56.6 Å². The number of thiol groups is 1. The summed E-state index contributed by atoms with van der Waals surface area (Å²) in [6.07, 6.45) is -9.05. The maximum Gasteiger partial charge on any atom is 0.386 e. The summed E-state index contributed by atoms with van der Waals surface area (Å²) >= 11 is 30.7. The lowest BCUT2D eigenvalue weighted by Crippen LogP contribution is -2.36. The molecule has 23 N–H and O–H groups in total. The SMILES string of the molecule is Nc1nc2c(ncn2[C@@H]2O[C@@H]3COP(O)(=S)O[C@H]4[C@@H](O)[C@H](n5ccc6c(N)ccnc65)O[C@@H]4COP(=O)(S)O[C@@H]2C3)c(=O)[nH]1.Nc1nc2c(ncn2[C@@H]2O[C@@H]3COP(O)(=S)O[C@H]4[C@@H](O)[C@H](n5ccc6c(N)ccnc65)O[C@@H]4COP(O)(=S)O[C@@H]2C3)c(=O)[nH]1.Nc1nc2c(ncn2[C@@H]2O[C@@H]3COP(O)(=S)O[C@H]4[C@@H](O)[C@H](n5ccc6c(N)ccnc65)O[C@@H]4COP(O)(=S)O[C@@H]2C3)c(=O)[nH]1. The van der Waals surface area contributed by atoms with E-state index in [1.165, 1.54) is 51.3 Å². The second-order valence-electron chi connectivity index (χ2n) is 31.0. The van der Waals surface area contributed by atoms with E-state index in [0.29, 0.717) is 50.2 Å². The number of nitrogen functional groups attached to an aromatic ring is 6. The van der Waals surface area contributed by atoms with Gasteiger partial charge in [-0.05, 0) is 95.4 Å². The van der Waals surface area contributed by atoms with Gasteiger partial charge in [-0.25, -0.2) is 34.5 Å². The number of hydrogen-bond acceptors (Lipinski definition) is 45. The topological polar surface area (TPSA) is 745 Å². The lowest BCUT2D eigenvalue weighted by molar-refractivity contribution is -0.0603. The van der Waals surface area contributed by atoms with Gasteiger partial charge in [0, 0.05) is 89.7 Å². The molecule has 0 aliphatic carbocycles. The lowest BCUT2D eigenvalue weighted by atomic mass is 10.1. The minimum absolute atomic E-state index is 0.000451. The Balaban J connectivity index is 0.000000128. The van der Waals surface area contributed by atoms with Crippen LogP contribution in [0.25, 0.3) is 66.6 Å². The first-order valence-corrected chi connectivity index (χ1v) is 55.0. The van der Waals surface area contributed by atoms with Crippen LogP contribution in [0.15, 0.2) is 107 Å². The van der Waals surface area contributed by atoms with E-state index >= 15 is 0 Å². The van der Waals surface area contributed by atoms with Gasteiger partial charge in [-0.2, -0.15) is 15.0 Å². The minimum Gasteiger partial charge on any atom is -0.398 e. The number of imidazole rings is 3. The summed E-state index contributed by atoms with van der Waals surface area (Å²) in [4.78, 5) is 137. The second kappa shape index (κ2) is 36.2. The molecule has 12 aromatic heterocycles. The monoisotopic (exact) mass is 2060 g/mol. The van der Waals surface area contributed by atoms with E-state index in [-0.39, 0.29) is 90.4 Å². The van der Waals surface area contributed by atoms with Crippen LogP contribution < -0.4 is 51.1 Å². The zero-order chi connectivity index (χ0) is 92.9. The van der Waals surface area contributed by atoms with Crippen LogP contribution in [0.5, 0.6) is 0 Å². The number of ether oxygens (including phenoxy) is 6. The standard InChI is InChI=1S/3C22H26N8O10P2S2/c3*23-11-1-3-25-17-10(11)2-4-29(17)21-15(31)16-13(38-21)7-36-41(33,43)39-12-5-9(6-35-42(34,44)40-16)37-20(12)30-8-26-14-18(30)27-22(24)28-19(14)32/h3*1-4,8-9,12-13,15-16,20-21,31H,5-7H2,(H2,23,25)(H,33,43)(H,34,44)(H3,24,27,28,32)/t3*9-,12+,13+,15+,16+,20+,21+,41?,42?/m000/s1. The van der Waals surface area contributed by atoms with Crippen molar-refractivity contribution < 1.29 is 127 Å². The number of H-pyrrole nitrogens is 3. The molecule has 9 aliphatic rings. The molecule has 6 unspecified atom stereocenters. The lowest BCUT2D eigenvalue weighted by Gasteiger charge is -2.28. The number of hydrogen-bond donors (Lipinski definition) is 18. The number of pyridine rings is 3. The molecule has 54 nitrogen and oxygen atoms in total. The molecule has 27 atom stereocenters. The number of rotatable bonds is 6. The fourth-order valence-corrected chi connectivity index (χ4v) is 25.3. The van der Waals surface area contributed by atoms with Gasteiger partial charge in [0.25, 0.3) is 16.7 Å².